The smallest absolute Gasteiger partial charge is 0.314 e. The lowest BCUT2D eigenvalue weighted by atomic mass is 9.97. The fraction of sp³-hybridized carbons (Fsp3) is 0.571. The Morgan fingerprint density at radius 2 is 1.96 bits per heavy atom. The highest BCUT2D eigenvalue weighted by atomic mass is 19.4. The number of rotatable bonds is 5. The number of benzene rings is 1. The predicted octanol–water partition coefficient (Wildman–Crippen LogP) is 3.02. The highest BCUT2D eigenvalue weighted by Crippen LogP contribution is 2.36. The SMILES string of the molecule is O=[N+]([O-])c1cc(F)ccc1[C@@H](CCC(F)(F)F)N1CCNCC1. The minimum atomic E-state index is -4.35. The van der Waals surface area contributed by atoms with Gasteiger partial charge in [0.1, 0.15) is 5.82 Å². The van der Waals surface area contributed by atoms with Crippen LogP contribution in [0.3, 0.4) is 0 Å². The van der Waals surface area contributed by atoms with Gasteiger partial charge < -0.3 is 5.32 Å². The molecule has 1 aliphatic rings. The van der Waals surface area contributed by atoms with Crippen LogP contribution in [0, 0.1) is 15.9 Å². The largest absolute Gasteiger partial charge is 0.389 e. The van der Waals surface area contributed by atoms with Crippen molar-refractivity contribution >= 4 is 5.69 Å². The lowest BCUT2D eigenvalue weighted by Crippen LogP contribution is -2.45. The molecule has 1 aromatic rings. The Balaban J connectivity index is 2.34. The van der Waals surface area contributed by atoms with Crippen LogP contribution in [0.15, 0.2) is 18.2 Å². The third kappa shape index (κ3) is 4.87. The number of nitro groups is 1. The number of halogens is 4. The molecule has 2 rings (SSSR count). The summed E-state index contributed by atoms with van der Waals surface area (Å²) >= 11 is 0. The minimum absolute atomic E-state index is 0.127. The summed E-state index contributed by atoms with van der Waals surface area (Å²) in [4.78, 5) is 12.2. The lowest BCUT2D eigenvalue weighted by Gasteiger charge is -2.35. The summed E-state index contributed by atoms with van der Waals surface area (Å²) in [5.74, 6) is -0.782. The van der Waals surface area contributed by atoms with Gasteiger partial charge in [0, 0.05) is 44.2 Å². The number of nitrogens with zero attached hydrogens (tertiary/aromatic N) is 2. The molecule has 1 heterocycles. The summed E-state index contributed by atoms with van der Waals surface area (Å²) in [7, 11) is 0. The zero-order valence-corrected chi connectivity index (χ0v) is 12.3. The molecule has 9 heteroatoms. The van der Waals surface area contributed by atoms with Crippen molar-refractivity contribution in [2.75, 3.05) is 26.2 Å². The standard InChI is InChI=1S/C14H17F4N3O2/c15-10-1-2-11(13(9-10)21(22)23)12(3-4-14(16,17)18)20-7-5-19-6-8-20/h1-2,9,12,19H,3-8H2/t12-/m1/s1. The van der Waals surface area contributed by atoms with Crippen LogP contribution >= 0.6 is 0 Å². The Morgan fingerprint density at radius 1 is 1.30 bits per heavy atom. The Hall–Kier alpha value is -1.74. The average Bonchev–Trinajstić information content (AvgIpc) is 2.48. The number of hydrogen-bond acceptors (Lipinski definition) is 4. The van der Waals surface area contributed by atoms with Crippen molar-refractivity contribution in [3.8, 4) is 0 Å². The Kier molecular flexibility index (Phi) is 5.53. The van der Waals surface area contributed by atoms with Crippen molar-refractivity contribution < 1.29 is 22.5 Å². The maximum absolute atomic E-state index is 13.3. The van der Waals surface area contributed by atoms with E-state index in [1.165, 1.54) is 6.07 Å². The van der Waals surface area contributed by atoms with Crippen LogP contribution in [-0.2, 0) is 0 Å². The van der Waals surface area contributed by atoms with E-state index < -0.39 is 35.1 Å². The highest BCUT2D eigenvalue weighted by molar-refractivity contribution is 5.42. The molecular weight excluding hydrogens is 318 g/mol. The molecular formula is C14H17F4N3O2. The first-order valence-electron chi connectivity index (χ1n) is 7.23. The highest BCUT2D eigenvalue weighted by Gasteiger charge is 2.34. The molecule has 1 saturated heterocycles. The molecule has 0 radical (unpaired) electrons. The van der Waals surface area contributed by atoms with E-state index in [-0.39, 0.29) is 12.0 Å². The fourth-order valence-corrected chi connectivity index (χ4v) is 2.79. The molecule has 0 aliphatic carbocycles. The quantitative estimate of drug-likeness (QED) is 0.510. The van der Waals surface area contributed by atoms with Crippen molar-refractivity contribution in [1.29, 1.82) is 0 Å². The maximum atomic E-state index is 13.3. The third-order valence-electron chi connectivity index (χ3n) is 3.84. The first kappa shape index (κ1) is 17.6. The molecule has 0 unspecified atom stereocenters. The van der Waals surface area contributed by atoms with Crippen LogP contribution in [0.1, 0.15) is 24.4 Å². The van der Waals surface area contributed by atoms with E-state index in [0.29, 0.717) is 26.2 Å². The molecule has 1 aliphatic heterocycles. The van der Waals surface area contributed by atoms with Gasteiger partial charge in [-0.15, -0.1) is 0 Å². The van der Waals surface area contributed by atoms with E-state index in [2.05, 4.69) is 5.32 Å². The Bertz CT molecular complexity index is 559. The molecule has 0 aromatic heterocycles. The van der Waals surface area contributed by atoms with E-state index in [4.69, 9.17) is 0 Å². The Labute approximate surface area is 130 Å². The molecule has 1 aromatic carbocycles. The normalized spacial score (nSPS) is 17.9. The van der Waals surface area contributed by atoms with Gasteiger partial charge in [-0.05, 0) is 18.6 Å². The molecule has 1 atom stereocenters. The van der Waals surface area contributed by atoms with E-state index in [0.717, 1.165) is 12.1 Å². The van der Waals surface area contributed by atoms with E-state index in [1.807, 2.05) is 0 Å². The predicted molar refractivity (Wildman–Crippen MR) is 75.5 cm³/mol. The van der Waals surface area contributed by atoms with Gasteiger partial charge in [-0.3, -0.25) is 15.0 Å². The van der Waals surface area contributed by atoms with E-state index in [9.17, 15) is 27.7 Å². The van der Waals surface area contributed by atoms with Crippen LogP contribution in [0.4, 0.5) is 23.2 Å². The number of hydrogen-bond donors (Lipinski definition) is 1. The van der Waals surface area contributed by atoms with Crippen LogP contribution < -0.4 is 5.32 Å². The van der Waals surface area contributed by atoms with Crippen molar-refractivity contribution in [1.82, 2.24) is 10.2 Å². The second-order valence-electron chi connectivity index (χ2n) is 5.42. The molecule has 0 saturated carbocycles. The van der Waals surface area contributed by atoms with Crippen molar-refractivity contribution in [2.24, 2.45) is 0 Å². The van der Waals surface area contributed by atoms with Crippen LogP contribution in [0.5, 0.6) is 0 Å². The first-order valence-corrected chi connectivity index (χ1v) is 7.23. The van der Waals surface area contributed by atoms with Crippen LogP contribution in [0.2, 0.25) is 0 Å². The van der Waals surface area contributed by atoms with Gasteiger partial charge >= 0.3 is 6.18 Å². The zero-order valence-electron chi connectivity index (χ0n) is 12.3. The Morgan fingerprint density at radius 3 is 2.52 bits per heavy atom. The number of alkyl halides is 3. The second-order valence-corrected chi connectivity index (χ2v) is 5.42. The topological polar surface area (TPSA) is 58.4 Å². The molecule has 5 nitrogen and oxygen atoms in total. The van der Waals surface area contributed by atoms with Gasteiger partial charge in [-0.2, -0.15) is 13.2 Å². The summed E-state index contributed by atoms with van der Waals surface area (Å²) in [5.41, 5.74) is -0.349. The zero-order chi connectivity index (χ0) is 17.0. The second kappa shape index (κ2) is 7.22. The van der Waals surface area contributed by atoms with Gasteiger partial charge in [0.25, 0.3) is 5.69 Å². The summed E-state index contributed by atoms with van der Waals surface area (Å²) in [6.07, 6.45) is -5.69. The van der Waals surface area contributed by atoms with Gasteiger partial charge in [0.05, 0.1) is 11.0 Å². The van der Waals surface area contributed by atoms with E-state index >= 15 is 0 Å². The molecule has 1 N–H and O–H groups in total. The van der Waals surface area contributed by atoms with Gasteiger partial charge in [-0.25, -0.2) is 4.39 Å². The van der Waals surface area contributed by atoms with Crippen LogP contribution in [-0.4, -0.2) is 42.2 Å². The maximum Gasteiger partial charge on any atom is 0.389 e. The van der Waals surface area contributed by atoms with Gasteiger partial charge in [0.2, 0.25) is 0 Å². The number of nitro benzene ring substituents is 1. The van der Waals surface area contributed by atoms with Crippen molar-refractivity contribution in [3.63, 3.8) is 0 Å². The number of piperazine rings is 1. The molecule has 1 fully saturated rings. The van der Waals surface area contributed by atoms with Crippen molar-refractivity contribution in [2.45, 2.75) is 25.1 Å². The summed E-state index contributed by atoms with van der Waals surface area (Å²) in [6, 6.07) is 2.26. The summed E-state index contributed by atoms with van der Waals surface area (Å²) in [5, 5.41) is 14.2. The average molecular weight is 335 g/mol. The van der Waals surface area contributed by atoms with Gasteiger partial charge in [-0.1, -0.05) is 0 Å². The van der Waals surface area contributed by atoms with Crippen molar-refractivity contribution in [3.05, 3.63) is 39.7 Å². The number of nitrogens with one attached hydrogen (secondary N) is 1. The molecule has 128 valence electrons. The minimum Gasteiger partial charge on any atom is -0.314 e. The fourth-order valence-electron chi connectivity index (χ4n) is 2.79. The summed E-state index contributed by atoms with van der Waals surface area (Å²) in [6.45, 7) is 2.16. The monoisotopic (exact) mass is 335 g/mol. The molecule has 0 bridgehead atoms. The van der Waals surface area contributed by atoms with Crippen LogP contribution in [0.25, 0.3) is 0 Å². The molecule has 0 amide bonds. The molecule has 23 heavy (non-hydrogen) atoms. The summed E-state index contributed by atoms with van der Waals surface area (Å²) < 4.78 is 51.1. The first-order chi connectivity index (χ1) is 10.8. The van der Waals surface area contributed by atoms with E-state index in [1.54, 1.807) is 4.90 Å². The third-order valence-corrected chi connectivity index (χ3v) is 3.84. The van der Waals surface area contributed by atoms with Gasteiger partial charge in [0.15, 0.2) is 0 Å². The molecule has 0 spiro atoms. The lowest BCUT2D eigenvalue weighted by molar-refractivity contribution is -0.386.